The van der Waals surface area contributed by atoms with Crippen LogP contribution in [0, 0.1) is 5.92 Å². The smallest absolute Gasteiger partial charge is 0.326 e. The molecule has 0 spiro atoms. The van der Waals surface area contributed by atoms with E-state index < -0.39 is 17.9 Å². The van der Waals surface area contributed by atoms with Crippen molar-refractivity contribution in [3.8, 4) is 11.1 Å². The number of carbonyl (C=O) groups is 3. The second-order valence-electron chi connectivity index (χ2n) is 7.80. The van der Waals surface area contributed by atoms with Gasteiger partial charge in [0, 0.05) is 17.8 Å². The predicted molar refractivity (Wildman–Crippen MR) is 128 cm³/mol. The SMILES string of the molecule is CSCCC(NC(=O)c1ccc(NC(=O)C2CCCNC2)cc1-c1ccccc1)C(=O)O. The number of thioether (sulfide) groups is 1. The highest BCUT2D eigenvalue weighted by atomic mass is 32.2. The molecule has 0 bridgehead atoms. The molecule has 2 unspecified atom stereocenters. The number of nitrogens with one attached hydrogen (secondary N) is 3. The fraction of sp³-hybridized carbons (Fsp3) is 0.375. The minimum Gasteiger partial charge on any atom is -0.480 e. The molecule has 2 atom stereocenters. The maximum Gasteiger partial charge on any atom is 0.326 e. The second-order valence-corrected chi connectivity index (χ2v) is 8.79. The minimum atomic E-state index is -1.06. The summed E-state index contributed by atoms with van der Waals surface area (Å²) in [5, 5.41) is 18.3. The second kappa shape index (κ2) is 11.7. The summed E-state index contributed by atoms with van der Waals surface area (Å²) in [4.78, 5) is 37.3. The monoisotopic (exact) mass is 455 g/mol. The third-order valence-corrected chi connectivity index (χ3v) is 6.14. The van der Waals surface area contributed by atoms with E-state index in [-0.39, 0.29) is 11.8 Å². The summed E-state index contributed by atoms with van der Waals surface area (Å²) < 4.78 is 0. The Balaban J connectivity index is 1.86. The first kappa shape index (κ1) is 23.8. The van der Waals surface area contributed by atoms with Gasteiger partial charge in [0.05, 0.1) is 5.92 Å². The summed E-state index contributed by atoms with van der Waals surface area (Å²) >= 11 is 1.53. The Morgan fingerprint density at radius 1 is 1.19 bits per heavy atom. The largest absolute Gasteiger partial charge is 0.480 e. The van der Waals surface area contributed by atoms with Gasteiger partial charge < -0.3 is 21.1 Å². The molecule has 1 heterocycles. The van der Waals surface area contributed by atoms with Crippen molar-refractivity contribution in [2.45, 2.75) is 25.3 Å². The van der Waals surface area contributed by atoms with E-state index in [1.54, 1.807) is 18.2 Å². The quantitative estimate of drug-likeness (QED) is 0.462. The van der Waals surface area contributed by atoms with Gasteiger partial charge in [0.1, 0.15) is 6.04 Å². The number of aliphatic carboxylic acids is 1. The number of carboxylic acid groups (broad SMARTS) is 1. The summed E-state index contributed by atoms with van der Waals surface area (Å²) in [5.41, 5.74) is 2.41. The van der Waals surface area contributed by atoms with Crippen LogP contribution in [0.3, 0.4) is 0 Å². The topological polar surface area (TPSA) is 108 Å². The van der Waals surface area contributed by atoms with Crippen LogP contribution >= 0.6 is 11.8 Å². The van der Waals surface area contributed by atoms with Crippen molar-refractivity contribution in [2.75, 3.05) is 30.4 Å². The molecule has 0 aromatic heterocycles. The molecule has 32 heavy (non-hydrogen) atoms. The fourth-order valence-electron chi connectivity index (χ4n) is 3.73. The molecule has 170 valence electrons. The van der Waals surface area contributed by atoms with Crippen molar-refractivity contribution in [3.63, 3.8) is 0 Å². The maximum absolute atomic E-state index is 13.0. The minimum absolute atomic E-state index is 0.0450. The number of carboxylic acids is 1. The maximum atomic E-state index is 13.0. The molecule has 0 radical (unpaired) electrons. The van der Waals surface area contributed by atoms with E-state index >= 15 is 0 Å². The molecule has 0 aliphatic carbocycles. The standard InChI is InChI=1S/C24H29N3O4S/c1-32-13-11-21(24(30)31)27-23(29)19-10-9-18(14-20(19)16-6-3-2-4-7-16)26-22(28)17-8-5-12-25-15-17/h2-4,6-7,9-10,14,17,21,25H,5,8,11-13,15H2,1H3,(H,26,28)(H,27,29)(H,30,31). The lowest BCUT2D eigenvalue weighted by Gasteiger charge is -2.22. The Hall–Kier alpha value is -2.84. The zero-order chi connectivity index (χ0) is 22.9. The molecule has 2 amide bonds. The van der Waals surface area contributed by atoms with Crippen LogP contribution in [0.5, 0.6) is 0 Å². The van der Waals surface area contributed by atoms with Crippen LogP contribution in [0.2, 0.25) is 0 Å². The van der Waals surface area contributed by atoms with Gasteiger partial charge >= 0.3 is 5.97 Å². The van der Waals surface area contributed by atoms with Gasteiger partial charge in [0.25, 0.3) is 5.91 Å². The number of anilines is 1. The Bertz CT molecular complexity index is 946. The first-order chi connectivity index (χ1) is 15.5. The van der Waals surface area contributed by atoms with E-state index in [9.17, 15) is 19.5 Å². The van der Waals surface area contributed by atoms with Crippen molar-refractivity contribution < 1.29 is 19.5 Å². The highest BCUT2D eigenvalue weighted by Gasteiger charge is 2.24. The van der Waals surface area contributed by atoms with Crippen LogP contribution in [0.1, 0.15) is 29.6 Å². The molecule has 2 aromatic rings. The van der Waals surface area contributed by atoms with Gasteiger partial charge in [-0.15, -0.1) is 0 Å². The average Bonchev–Trinajstić information content (AvgIpc) is 2.82. The number of hydrogen-bond donors (Lipinski definition) is 4. The number of benzene rings is 2. The molecule has 3 rings (SSSR count). The van der Waals surface area contributed by atoms with Crippen LogP contribution in [-0.4, -0.2) is 54.0 Å². The molecule has 2 aromatic carbocycles. The van der Waals surface area contributed by atoms with E-state index in [0.29, 0.717) is 35.5 Å². The van der Waals surface area contributed by atoms with E-state index in [4.69, 9.17) is 0 Å². The Kier molecular flexibility index (Phi) is 8.70. The van der Waals surface area contributed by atoms with Crippen LogP contribution in [0.4, 0.5) is 5.69 Å². The Morgan fingerprint density at radius 3 is 2.62 bits per heavy atom. The average molecular weight is 456 g/mol. The molecule has 1 saturated heterocycles. The third kappa shape index (κ3) is 6.34. The molecule has 0 saturated carbocycles. The molecule has 7 nitrogen and oxygen atoms in total. The van der Waals surface area contributed by atoms with Gasteiger partial charge in [-0.05, 0) is 67.1 Å². The lowest BCUT2D eigenvalue weighted by Crippen LogP contribution is -2.41. The molecular formula is C24H29N3O4S. The Morgan fingerprint density at radius 2 is 1.97 bits per heavy atom. The molecular weight excluding hydrogens is 426 g/mol. The normalized spacial score (nSPS) is 16.7. The van der Waals surface area contributed by atoms with Crippen molar-refractivity contribution in [1.29, 1.82) is 0 Å². The van der Waals surface area contributed by atoms with Gasteiger partial charge in [-0.1, -0.05) is 30.3 Å². The van der Waals surface area contributed by atoms with Gasteiger partial charge in [-0.25, -0.2) is 4.79 Å². The lowest BCUT2D eigenvalue weighted by molar-refractivity contribution is -0.139. The van der Waals surface area contributed by atoms with E-state index in [2.05, 4.69) is 16.0 Å². The van der Waals surface area contributed by atoms with E-state index in [1.807, 2.05) is 36.6 Å². The van der Waals surface area contributed by atoms with E-state index in [0.717, 1.165) is 24.9 Å². The predicted octanol–water partition coefficient (Wildman–Crippen LogP) is 3.23. The molecule has 1 fully saturated rings. The summed E-state index contributed by atoms with van der Waals surface area (Å²) in [5.74, 6) is -1.01. The molecule has 4 N–H and O–H groups in total. The zero-order valence-electron chi connectivity index (χ0n) is 18.1. The number of piperidine rings is 1. The lowest BCUT2D eigenvalue weighted by atomic mass is 9.96. The number of hydrogen-bond acceptors (Lipinski definition) is 5. The highest BCUT2D eigenvalue weighted by Crippen LogP contribution is 2.28. The zero-order valence-corrected chi connectivity index (χ0v) is 18.9. The third-order valence-electron chi connectivity index (χ3n) is 5.50. The summed E-state index contributed by atoms with van der Waals surface area (Å²) in [6.45, 7) is 1.59. The van der Waals surface area contributed by atoms with Gasteiger partial charge in [-0.2, -0.15) is 11.8 Å². The van der Waals surface area contributed by atoms with Gasteiger partial charge in [-0.3, -0.25) is 9.59 Å². The summed E-state index contributed by atoms with van der Waals surface area (Å²) in [7, 11) is 0. The van der Waals surface area contributed by atoms with E-state index in [1.165, 1.54) is 11.8 Å². The number of carbonyl (C=O) groups excluding carboxylic acids is 2. The fourth-order valence-corrected chi connectivity index (χ4v) is 4.20. The van der Waals surface area contributed by atoms with Crippen molar-refractivity contribution >= 4 is 35.2 Å². The van der Waals surface area contributed by atoms with Crippen LogP contribution in [0.25, 0.3) is 11.1 Å². The summed E-state index contributed by atoms with van der Waals surface area (Å²) in [6.07, 6.45) is 4.04. The van der Waals surface area contributed by atoms with Gasteiger partial charge in [0.2, 0.25) is 5.91 Å². The highest BCUT2D eigenvalue weighted by molar-refractivity contribution is 7.98. The van der Waals surface area contributed by atoms with Gasteiger partial charge in [0.15, 0.2) is 0 Å². The molecule has 1 aliphatic heterocycles. The van der Waals surface area contributed by atoms with Crippen molar-refractivity contribution in [1.82, 2.24) is 10.6 Å². The summed E-state index contributed by atoms with van der Waals surface area (Å²) in [6, 6.07) is 13.5. The van der Waals surface area contributed by atoms with Crippen molar-refractivity contribution in [2.24, 2.45) is 5.92 Å². The first-order valence-electron chi connectivity index (χ1n) is 10.7. The number of amides is 2. The van der Waals surface area contributed by atoms with Crippen LogP contribution in [0.15, 0.2) is 48.5 Å². The molecule has 1 aliphatic rings. The van der Waals surface area contributed by atoms with Crippen molar-refractivity contribution in [3.05, 3.63) is 54.1 Å². The Labute approximate surface area is 192 Å². The first-order valence-corrected chi connectivity index (χ1v) is 12.1. The van der Waals surface area contributed by atoms with Crippen LogP contribution in [-0.2, 0) is 9.59 Å². The molecule has 8 heteroatoms. The van der Waals surface area contributed by atoms with Crippen LogP contribution < -0.4 is 16.0 Å². The number of rotatable bonds is 9.